The number of benzene rings is 1. The number of halogens is 1. The maximum atomic E-state index is 5.64. The number of alkyl halides is 1. The van der Waals surface area contributed by atoms with E-state index in [2.05, 4.69) is 21.7 Å². The molecule has 0 saturated carbocycles. The number of aryl methyl sites for hydroxylation is 1. The fourth-order valence-electron chi connectivity index (χ4n) is 1.74. The molecular formula is C12H15ClN2. The Balaban J connectivity index is 2.02. The molecule has 0 aliphatic carbocycles. The predicted molar refractivity (Wildman–Crippen MR) is 64.3 cm³/mol. The van der Waals surface area contributed by atoms with Crippen molar-refractivity contribution in [3.63, 3.8) is 0 Å². The Morgan fingerprint density at radius 3 is 2.87 bits per heavy atom. The number of hydrogen-bond acceptors (Lipinski definition) is 1. The summed E-state index contributed by atoms with van der Waals surface area (Å²) < 4.78 is 2.21. The Hall–Kier alpha value is -1.02. The minimum absolute atomic E-state index is 0.769. The van der Waals surface area contributed by atoms with Crippen LogP contribution < -0.4 is 0 Å². The van der Waals surface area contributed by atoms with Gasteiger partial charge in [-0.15, -0.1) is 11.6 Å². The normalized spacial score (nSPS) is 11.0. The van der Waals surface area contributed by atoms with Gasteiger partial charge in [-0.25, -0.2) is 4.98 Å². The van der Waals surface area contributed by atoms with Crippen molar-refractivity contribution in [2.75, 3.05) is 5.88 Å². The van der Waals surface area contributed by atoms with Gasteiger partial charge in [0.1, 0.15) is 0 Å². The van der Waals surface area contributed by atoms with E-state index in [1.54, 1.807) is 0 Å². The van der Waals surface area contributed by atoms with Crippen LogP contribution >= 0.6 is 11.6 Å². The van der Waals surface area contributed by atoms with Crippen LogP contribution in [0.3, 0.4) is 0 Å². The number of fused-ring (bicyclic) bond motifs is 1. The molecule has 0 aliphatic heterocycles. The highest BCUT2D eigenvalue weighted by Gasteiger charge is 1.99. The van der Waals surface area contributed by atoms with Gasteiger partial charge in [0.2, 0.25) is 0 Å². The third kappa shape index (κ3) is 2.51. The van der Waals surface area contributed by atoms with E-state index in [9.17, 15) is 0 Å². The maximum Gasteiger partial charge on any atom is 0.0958 e. The van der Waals surface area contributed by atoms with Crippen LogP contribution in [-0.4, -0.2) is 15.4 Å². The second-order valence-corrected chi connectivity index (χ2v) is 4.05. The summed E-state index contributed by atoms with van der Waals surface area (Å²) in [7, 11) is 0. The average molecular weight is 223 g/mol. The molecule has 0 radical (unpaired) electrons. The van der Waals surface area contributed by atoms with E-state index < -0.39 is 0 Å². The Labute approximate surface area is 94.9 Å². The van der Waals surface area contributed by atoms with Gasteiger partial charge in [-0.05, 0) is 25.0 Å². The van der Waals surface area contributed by atoms with Crippen LogP contribution in [-0.2, 0) is 6.54 Å². The first-order valence-electron chi connectivity index (χ1n) is 5.37. The highest BCUT2D eigenvalue weighted by atomic mass is 35.5. The zero-order valence-corrected chi connectivity index (χ0v) is 9.45. The second kappa shape index (κ2) is 5.17. The third-order valence-electron chi connectivity index (χ3n) is 2.56. The molecule has 0 spiro atoms. The first kappa shape index (κ1) is 10.5. The molecule has 2 aromatic rings. The van der Waals surface area contributed by atoms with Crippen LogP contribution in [0, 0.1) is 0 Å². The van der Waals surface area contributed by atoms with E-state index in [-0.39, 0.29) is 0 Å². The molecule has 0 N–H and O–H groups in total. The Kier molecular flexibility index (Phi) is 3.62. The Morgan fingerprint density at radius 2 is 2.00 bits per heavy atom. The lowest BCUT2D eigenvalue weighted by atomic mass is 10.2. The van der Waals surface area contributed by atoms with E-state index in [0.717, 1.165) is 24.4 Å². The molecule has 15 heavy (non-hydrogen) atoms. The lowest BCUT2D eigenvalue weighted by molar-refractivity contribution is 0.614. The number of rotatable bonds is 5. The maximum absolute atomic E-state index is 5.64. The Bertz CT molecular complexity index is 422. The fourth-order valence-corrected chi connectivity index (χ4v) is 1.93. The van der Waals surface area contributed by atoms with E-state index in [4.69, 9.17) is 11.6 Å². The van der Waals surface area contributed by atoms with E-state index in [0.29, 0.717) is 0 Å². The zero-order chi connectivity index (χ0) is 10.5. The van der Waals surface area contributed by atoms with Crippen molar-refractivity contribution in [1.82, 2.24) is 9.55 Å². The minimum atomic E-state index is 0.769. The molecule has 0 atom stereocenters. The molecule has 2 nitrogen and oxygen atoms in total. The molecule has 0 bridgehead atoms. The van der Waals surface area contributed by atoms with Gasteiger partial charge in [0, 0.05) is 12.4 Å². The number of aromatic nitrogens is 2. The van der Waals surface area contributed by atoms with Gasteiger partial charge < -0.3 is 4.57 Å². The largest absolute Gasteiger partial charge is 0.331 e. The lowest BCUT2D eigenvalue weighted by Gasteiger charge is -2.02. The van der Waals surface area contributed by atoms with E-state index >= 15 is 0 Å². The summed E-state index contributed by atoms with van der Waals surface area (Å²) in [4.78, 5) is 4.35. The molecule has 1 heterocycles. The lowest BCUT2D eigenvalue weighted by Crippen LogP contribution is -1.95. The first-order chi connectivity index (χ1) is 7.42. The highest BCUT2D eigenvalue weighted by Crippen LogP contribution is 2.12. The number of hydrogen-bond donors (Lipinski definition) is 0. The van der Waals surface area contributed by atoms with Crippen molar-refractivity contribution >= 4 is 22.6 Å². The topological polar surface area (TPSA) is 17.8 Å². The quantitative estimate of drug-likeness (QED) is 0.560. The monoisotopic (exact) mass is 222 g/mol. The summed E-state index contributed by atoms with van der Waals surface area (Å²) in [6, 6.07) is 8.24. The van der Waals surface area contributed by atoms with Crippen LogP contribution in [0.15, 0.2) is 30.6 Å². The molecule has 0 saturated heterocycles. The third-order valence-corrected chi connectivity index (χ3v) is 2.83. The average Bonchev–Trinajstić information content (AvgIpc) is 2.68. The van der Waals surface area contributed by atoms with Crippen molar-refractivity contribution in [3.05, 3.63) is 30.6 Å². The number of nitrogens with zero attached hydrogens (tertiary/aromatic N) is 2. The summed E-state index contributed by atoms with van der Waals surface area (Å²) in [5.74, 6) is 0.769. The molecule has 3 heteroatoms. The van der Waals surface area contributed by atoms with Crippen molar-refractivity contribution in [1.29, 1.82) is 0 Å². The molecule has 1 aromatic heterocycles. The second-order valence-electron chi connectivity index (χ2n) is 3.68. The van der Waals surface area contributed by atoms with Gasteiger partial charge in [-0.1, -0.05) is 18.6 Å². The van der Waals surface area contributed by atoms with Crippen molar-refractivity contribution in [2.24, 2.45) is 0 Å². The molecule has 0 unspecified atom stereocenters. The van der Waals surface area contributed by atoms with Crippen LogP contribution in [0.5, 0.6) is 0 Å². The number of unbranched alkanes of at least 4 members (excludes halogenated alkanes) is 2. The van der Waals surface area contributed by atoms with Crippen LogP contribution in [0.2, 0.25) is 0 Å². The molecule has 0 amide bonds. The molecular weight excluding hydrogens is 208 g/mol. The molecule has 1 aromatic carbocycles. The summed E-state index contributed by atoms with van der Waals surface area (Å²) in [5, 5.41) is 0. The van der Waals surface area contributed by atoms with Crippen molar-refractivity contribution < 1.29 is 0 Å². The molecule has 2 rings (SSSR count). The summed E-state index contributed by atoms with van der Waals surface area (Å²) in [5.41, 5.74) is 2.30. The van der Waals surface area contributed by atoms with Gasteiger partial charge in [0.15, 0.2) is 0 Å². The number of imidazole rings is 1. The van der Waals surface area contributed by atoms with Crippen LogP contribution in [0.1, 0.15) is 19.3 Å². The Morgan fingerprint density at radius 1 is 1.13 bits per heavy atom. The van der Waals surface area contributed by atoms with Gasteiger partial charge in [-0.2, -0.15) is 0 Å². The smallest absolute Gasteiger partial charge is 0.0958 e. The molecule has 0 fully saturated rings. The van der Waals surface area contributed by atoms with E-state index in [1.165, 1.54) is 18.4 Å². The van der Waals surface area contributed by atoms with Gasteiger partial charge in [0.25, 0.3) is 0 Å². The fraction of sp³-hybridized carbons (Fsp3) is 0.417. The molecule has 0 aliphatic rings. The van der Waals surface area contributed by atoms with Gasteiger partial charge >= 0.3 is 0 Å². The summed E-state index contributed by atoms with van der Waals surface area (Å²) in [6.07, 6.45) is 5.39. The highest BCUT2D eigenvalue weighted by molar-refractivity contribution is 6.17. The zero-order valence-electron chi connectivity index (χ0n) is 8.69. The van der Waals surface area contributed by atoms with Crippen LogP contribution in [0.4, 0.5) is 0 Å². The molecule has 80 valence electrons. The van der Waals surface area contributed by atoms with Gasteiger partial charge in [0.05, 0.1) is 17.4 Å². The predicted octanol–water partition coefficient (Wildman–Crippen LogP) is 3.45. The van der Waals surface area contributed by atoms with Crippen molar-refractivity contribution in [2.45, 2.75) is 25.8 Å². The minimum Gasteiger partial charge on any atom is -0.331 e. The van der Waals surface area contributed by atoms with E-state index in [1.807, 2.05) is 18.5 Å². The summed E-state index contributed by atoms with van der Waals surface area (Å²) >= 11 is 5.64. The SMILES string of the molecule is ClCCCCCn1cnc2ccccc21. The standard InChI is InChI=1S/C12H15ClN2/c13-8-4-1-5-9-15-10-14-11-6-2-3-7-12(11)15/h2-3,6-7,10H,1,4-5,8-9H2. The van der Waals surface area contributed by atoms with Crippen molar-refractivity contribution in [3.8, 4) is 0 Å². The van der Waals surface area contributed by atoms with Gasteiger partial charge in [-0.3, -0.25) is 0 Å². The van der Waals surface area contributed by atoms with Crippen LogP contribution in [0.25, 0.3) is 11.0 Å². The summed E-state index contributed by atoms with van der Waals surface area (Å²) in [6.45, 7) is 1.04. The first-order valence-corrected chi connectivity index (χ1v) is 5.91. The number of para-hydroxylation sites is 2.